The van der Waals surface area contributed by atoms with Gasteiger partial charge in [-0.3, -0.25) is 4.99 Å². The minimum Gasteiger partial charge on any atom is -0.356 e. The first-order chi connectivity index (χ1) is 8.76. The third-order valence-electron chi connectivity index (χ3n) is 3.57. The Hall–Kier alpha value is 0.350. The summed E-state index contributed by atoms with van der Waals surface area (Å²) in [6.07, 6.45) is 9.99. The van der Waals surface area contributed by atoms with Crippen molar-refractivity contribution in [1.82, 2.24) is 10.6 Å². The van der Waals surface area contributed by atoms with Gasteiger partial charge in [0.15, 0.2) is 5.96 Å². The van der Waals surface area contributed by atoms with Gasteiger partial charge in [-0.2, -0.15) is 11.8 Å². The fourth-order valence-corrected chi connectivity index (χ4v) is 3.02. The third kappa shape index (κ3) is 9.00. The largest absolute Gasteiger partial charge is 0.356 e. The van der Waals surface area contributed by atoms with E-state index in [1.54, 1.807) is 0 Å². The second-order valence-corrected chi connectivity index (χ2v) is 6.30. The quantitative estimate of drug-likeness (QED) is 0.311. The van der Waals surface area contributed by atoms with Gasteiger partial charge in [-0.25, -0.2) is 0 Å². The molecule has 5 heteroatoms. The van der Waals surface area contributed by atoms with E-state index in [0.29, 0.717) is 6.04 Å². The van der Waals surface area contributed by atoms with Gasteiger partial charge in [-0.05, 0) is 43.6 Å². The van der Waals surface area contributed by atoms with Crippen molar-refractivity contribution in [1.29, 1.82) is 0 Å². The average Bonchev–Trinajstić information content (AvgIpc) is 2.37. The zero-order chi connectivity index (χ0) is 13.2. The molecule has 0 radical (unpaired) electrons. The second-order valence-electron chi connectivity index (χ2n) is 5.31. The lowest BCUT2D eigenvalue weighted by molar-refractivity contribution is 0.324. The molecule has 0 heterocycles. The molecule has 1 aliphatic carbocycles. The molecule has 0 amide bonds. The molecule has 0 aliphatic heterocycles. The van der Waals surface area contributed by atoms with E-state index in [2.05, 4.69) is 28.8 Å². The molecule has 0 spiro atoms. The van der Waals surface area contributed by atoms with Crippen LogP contribution in [0.4, 0.5) is 0 Å². The van der Waals surface area contributed by atoms with Crippen molar-refractivity contribution in [3.63, 3.8) is 0 Å². The van der Waals surface area contributed by atoms with Gasteiger partial charge in [-0.15, -0.1) is 24.0 Å². The van der Waals surface area contributed by atoms with Crippen LogP contribution in [0.25, 0.3) is 0 Å². The Kier molecular flexibility index (Phi) is 12.3. The average molecular weight is 399 g/mol. The summed E-state index contributed by atoms with van der Waals surface area (Å²) in [4.78, 5) is 4.31. The first kappa shape index (κ1) is 19.4. The number of guanidine groups is 1. The molecule has 0 bridgehead atoms. The number of unbranched alkanes of at least 4 members (excludes halogenated alkanes) is 1. The molecule has 3 nitrogen and oxygen atoms in total. The predicted octanol–water partition coefficient (Wildman–Crippen LogP) is 3.49. The lowest BCUT2D eigenvalue weighted by Crippen LogP contribution is -2.45. The Balaban J connectivity index is 0.00000324. The van der Waals surface area contributed by atoms with Gasteiger partial charge in [0.2, 0.25) is 0 Å². The van der Waals surface area contributed by atoms with Crippen LogP contribution in [0.1, 0.15) is 45.4 Å². The van der Waals surface area contributed by atoms with Crippen LogP contribution in [0, 0.1) is 5.92 Å². The zero-order valence-electron chi connectivity index (χ0n) is 12.6. The van der Waals surface area contributed by atoms with Crippen molar-refractivity contribution in [2.75, 3.05) is 25.6 Å². The molecule has 0 aromatic rings. The minimum absolute atomic E-state index is 0. The summed E-state index contributed by atoms with van der Waals surface area (Å²) in [5.74, 6) is 3.10. The maximum atomic E-state index is 4.31. The normalized spacial score (nSPS) is 23.6. The topological polar surface area (TPSA) is 36.4 Å². The van der Waals surface area contributed by atoms with Crippen molar-refractivity contribution in [3.8, 4) is 0 Å². The molecular weight excluding hydrogens is 369 g/mol. The van der Waals surface area contributed by atoms with E-state index >= 15 is 0 Å². The standard InChI is InChI=1S/C14H29N3S.HI/c1-12-7-6-8-13(11-12)17-14(15-2)16-9-4-5-10-18-3;/h12-13H,4-11H2,1-3H3,(H2,15,16,17);1H. The molecule has 1 saturated carbocycles. The highest BCUT2D eigenvalue weighted by Gasteiger charge is 2.19. The summed E-state index contributed by atoms with van der Waals surface area (Å²) in [6.45, 7) is 3.38. The first-order valence-corrected chi connectivity index (χ1v) is 8.61. The summed E-state index contributed by atoms with van der Waals surface area (Å²) in [6, 6.07) is 0.617. The van der Waals surface area contributed by atoms with Gasteiger partial charge in [0, 0.05) is 19.6 Å². The van der Waals surface area contributed by atoms with Crippen LogP contribution < -0.4 is 10.6 Å². The van der Waals surface area contributed by atoms with E-state index in [0.717, 1.165) is 18.4 Å². The monoisotopic (exact) mass is 399 g/mol. The molecule has 2 atom stereocenters. The minimum atomic E-state index is 0. The molecule has 2 N–H and O–H groups in total. The second kappa shape index (κ2) is 12.1. The van der Waals surface area contributed by atoms with Crippen LogP contribution in [-0.2, 0) is 0 Å². The van der Waals surface area contributed by atoms with E-state index < -0.39 is 0 Å². The Labute approximate surface area is 140 Å². The lowest BCUT2D eigenvalue weighted by atomic mass is 9.87. The predicted molar refractivity (Wildman–Crippen MR) is 98.9 cm³/mol. The van der Waals surface area contributed by atoms with E-state index in [1.165, 1.54) is 44.3 Å². The fourth-order valence-electron chi connectivity index (χ4n) is 2.53. The van der Waals surface area contributed by atoms with Crippen molar-refractivity contribution in [2.45, 2.75) is 51.5 Å². The maximum Gasteiger partial charge on any atom is 0.191 e. The highest BCUT2D eigenvalue weighted by atomic mass is 127. The fraction of sp³-hybridized carbons (Fsp3) is 0.929. The SMILES string of the molecule is CN=C(NCCCCSC)NC1CCCC(C)C1.I. The number of nitrogens with zero attached hydrogens (tertiary/aromatic N) is 1. The number of nitrogens with one attached hydrogen (secondary N) is 2. The Morgan fingerprint density at radius 2 is 2.11 bits per heavy atom. The van der Waals surface area contributed by atoms with Gasteiger partial charge in [0.1, 0.15) is 0 Å². The van der Waals surface area contributed by atoms with E-state index in [4.69, 9.17) is 0 Å². The molecule has 0 saturated heterocycles. The summed E-state index contributed by atoms with van der Waals surface area (Å²) < 4.78 is 0. The van der Waals surface area contributed by atoms with Gasteiger partial charge in [0.25, 0.3) is 0 Å². The number of hydrogen-bond acceptors (Lipinski definition) is 2. The maximum absolute atomic E-state index is 4.31. The molecule has 0 aromatic heterocycles. The van der Waals surface area contributed by atoms with E-state index in [1.807, 2.05) is 18.8 Å². The molecular formula is C14H30IN3S. The van der Waals surface area contributed by atoms with Crippen LogP contribution in [0.3, 0.4) is 0 Å². The number of aliphatic imine (C=N–C) groups is 1. The summed E-state index contributed by atoms with van der Waals surface area (Å²) in [5.41, 5.74) is 0. The molecule has 114 valence electrons. The number of hydrogen-bond donors (Lipinski definition) is 2. The van der Waals surface area contributed by atoms with Gasteiger partial charge < -0.3 is 10.6 Å². The molecule has 1 rings (SSSR count). The molecule has 19 heavy (non-hydrogen) atoms. The molecule has 0 aromatic carbocycles. The smallest absolute Gasteiger partial charge is 0.191 e. The third-order valence-corrected chi connectivity index (χ3v) is 4.27. The Morgan fingerprint density at radius 3 is 2.74 bits per heavy atom. The molecule has 1 aliphatic rings. The van der Waals surface area contributed by atoms with Crippen LogP contribution in [0.5, 0.6) is 0 Å². The van der Waals surface area contributed by atoms with E-state index in [9.17, 15) is 0 Å². The van der Waals surface area contributed by atoms with Crippen molar-refractivity contribution >= 4 is 41.7 Å². The Bertz CT molecular complexity index is 249. The number of thioether (sulfide) groups is 1. The van der Waals surface area contributed by atoms with Crippen molar-refractivity contribution in [2.24, 2.45) is 10.9 Å². The van der Waals surface area contributed by atoms with Crippen molar-refractivity contribution < 1.29 is 0 Å². The summed E-state index contributed by atoms with van der Waals surface area (Å²) >= 11 is 1.92. The van der Waals surface area contributed by atoms with Gasteiger partial charge in [-0.1, -0.05) is 19.8 Å². The summed E-state index contributed by atoms with van der Waals surface area (Å²) in [5, 5.41) is 6.98. The van der Waals surface area contributed by atoms with Gasteiger partial charge >= 0.3 is 0 Å². The van der Waals surface area contributed by atoms with Crippen LogP contribution in [0.15, 0.2) is 4.99 Å². The van der Waals surface area contributed by atoms with Crippen LogP contribution >= 0.6 is 35.7 Å². The number of rotatable bonds is 6. The van der Waals surface area contributed by atoms with Gasteiger partial charge in [0.05, 0.1) is 0 Å². The van der Waals surface area contributed by atoms with Crippen molar-refractivity contribution in [3.05, 3.63) is 0 Å². The number of halogens is 1. The zero-order valence-corrected chi connectivity index (χ0v) is 15.7. The summed E-state index contributed by atoms with van der Waals surface area (Å²) in [7, 11) is 1.86. The highest BCUT2D eigenvalue weighted by Crippen LogP contribution is 2.23. The van der Waals surface area contributed by atoms with E-state index in [-0.39, 0.29) is 24.0 Å². The highest BCUT2D eigenvalue weighted by molar-refractivity contribution is 14.0. The molecule has 1 fully saturated rings. The van der Waals surface area contributed by atoms with Crippen LogP contribution in [-0.4, -0.2) is 37.6 Å². The Morgan fingerprint density at radius 1 is 1.32 bits per heavy atom. The first-order valence-electron chi connectivity index (χ1n) is 7.22. The van der Waals surface area contributed by atoms with Crippen LogP contribution in [0.2, 0.25) is 0 Å². The molecule has 2 unspecified atom stereocenters. The lowest BCUT2D eigenvalue weighted by Gasteiger charge is -2.28.